The van der Waals surface area contributed by atoms with Gasteiger partial charge in [-0.2, -0.15) is 0 Å². The summed E-state index contributed by atoms with van der Waals surface area (Å²) >= 11 is 6.02. The zero-order valence-corrected chi connectivity index (χ0v) is 15.9. The zero-order valence-electron chi connectivity index (χ0n) is 15.1. The lowest BCUT2D eigenvalue weighted by Gasteiger charge is -2.33. The van der Waals surface area contributed by atoms with Crippen LogP contribution in [0.15, 0.2) is 48.5 Å². The minimum Gasteiger partial charge on any atom is -0.380 e. The highest BCUT2D eigenvalue weighted by Gasteiger charge is 2.29. The quantitative estimate of drug-likeness (QED) is 0.722. The summed E-state index contributed by atoms with van der Waals surface area (Å²) in [6, 6.07) is 15.5. The Hall–Kier alpha value is -1.84. The average molecular weight is 360 g/mol. The molecule has 0 fully saturated rings. The van der Waals surface area contributed by atoms with Gasteiger partial charge in [0.05, 0.1) is 6.61 Å². The third kappa shape index (κ3) is 4.62. The maximum absolute atomic E-state index is 12.7. The second kappa shape index (κ2) is 9.02. The molecule has 0 radical (unpaired) electrons. The number of methoxy groups -OCH3 is 1. The fourth-order valence-corrected chi connectivity index (χ4v) is 3.31. The van der Waals surface area contributed by atoms with E-state index in [-0.39, 0.29) is 11.3 Å². The van der Waals surface area contributed by atoms with Crippen LogP contribution in [-0.4, -0.2) is 19.6 Å². The van der Waals surface area contributed by atoms with Crippen LogP contribution in [0, 0.1) is 0 Å². The van der Waals surface area contributed by atoms with Crippen LogP contribution in [0.2, 0.25) is 5.02 Å². The van der Waals surface area contributed by atoms with E-state index in [1.54, 1.807) is 7.11 Å². The highest BCUT2D eigenvalue weighted by atomic mass is 35.5. The molecule has 0 atom stereocenters. The predicted molar refractivity (Wildman–Crippen MR) is 103 cm³/mol. The van der Waals surface area contributed by atoms with Crippen molar-refractivity contribution in [1.29, 1.82) is 0 Å². The molecule has 0 aliphatic heterocycles. The molecular weight excluding hydrogens is 334 g/mol. The van der Waals surface area contributed by atoms with Crippen LogP contribution in [0.25, 0.3) is 0 Å². The van der Waals surface area contributed by atoms with Gasteiger partial charge in [-0.25, -0.2) is 0 Å². The molecule has 4 heteroatoms. The largest absolute Gasteiger partial charge is 0.380 e. The second-order valence-electron chi connectivity index (χ2n) is 6.27. The minimum atomic E-state index is -0.101. The Balaban J connectivity index is 2.18. The molecule has 0 aliphatic rings. The summed E-state index contributed by atoms with van der Waals surface area (Å²) < 4.78 is 5.19. The van der Waals surface area contributed by atoms with E-state index >= 15 is 0 Å². The van der Waals surface area contributed by atoms with Crippen molar-refractivity contribution in [3.8, 4) is 0 Å². The lowest BCUT2D eigenvalue weighted by molar-refractivity contribution is 0.0936. The molecule has 1 N–H and O–H groups in total. The van der Waals surface area contributed by atoms with Crippen LogP contribution in [0.1, 0.15) is 48.2 Å². The molecule has 3 nitrogen and oxygen atoms in total. The SMILES string of the molecule is CCC(CC)(CNC(=O)c1ccccc1COC)c1ccc(Cl)cc1. The van der Waals surface area contributed by atoms with Gasteiger partial charge < -0.3 is 10.1 Å². The Morgan fingerprint density at radius 2 is 1.72 bits per heavy atom. The van der Waals surface area contributed by atoms with Crippen LogP contribution in [0.3, 0.4) is 0 Å². The van der Waals surface area contributed by atoms with Gasteiger partial charge in [0.1, 0.15) is 0 Å². The van der Waals surface area contributed by atoms with E-state index in [4.69, 9.17) is 16.3 Å². The van der Waals surface area contributed by atoms with Crippen molar-refractivity contribution < 1.29 is 9.53 Å². The lowest BCUT2D eigenvalue weighted by atomic mass is 9.75. The molecule has 25 heavy (non-hydrogen) atoms. The molecule has 0 aliphatic carbocycles. The summed E-state index contributed by atoms with van der Waals surface area (Å²) in [5, 5.41) is 3.85. The van der Waals surface area contributed by atoms with Gasteiger partial charge in [-0.05, 0) is 42.2 Å². The van der Waals surface area contributed by atoms with Crippen molar-refractivity contribution in [1.82, 2.24) is 5.32 Å². The van der Waals surface area contributed by atoms with E-state index in [1.165, 1.54) is 5.56 Å². The van der Waals surface area contributed by atoms with Crippen LogP contribution >= 0.6 is 11.6 Å². The molecule has 134 valence electrons. The molecule has 1 amide bonds. The molecule has 0 bridgehead atoms. The minimum absolute atomic E-state index is 0.0621. The van der Waals surface area contributed by atoms with Gasteiger partial charge in [0.15, 0.2) is 0 Å². The van der Waals surface area contributed by atoms with Crippen LogP contribution in [0.5, 0.6) is 0 Å². The van der Waals surface area contributed by atoms with Crippen LogP contribution < -0.4 is 5.32 Å². The van der Waals surface area contributed by atoms with Gasteiger partial charge >= 0.3 is 0 Å². The summed E-state index contributed by atoms with van der Waals surface area (Å²) in [6.07, 6.45) is 1.87. The standard InChI is InChI=1S/C21H26ClNO2/c1-4-21(5-2,17-10-12-18(22)13-11-17)15-23-20(24)19-9-7-6-8-16(19)14-25-3/h6-13H,4-5,14-15H2,1-3H3,(H,23,24). The number of nitrogens with one attached hydrogen (secondary N) is 1. The van der Waals surface area contributed by atoms with E-state index in [0.717, 1.165) is 23.4 Å². The lowest BCUT2D eigenvalue weighted by Crippen LogP contribution is -2.40. The average Bonchev–Trinajstić information content (AvgIpc) is 2.64. The Bertz CT molecular complexity index is 693. The summed E-state index contributed by atoms with van der Waals surface area (Å²) in [5.41, 5.74) is 2.66. The summed E-state index contributed by atoms with van der Waals surface area (Å²) in [6.45, 7) is 5.32. The summed E-state index contributed by atoms with van der Waals surface area (Å²) in [7, 11) is 1.63. The number of carbonyl (C=O) groups is 1. The fourth-order valence-electron chi connectivity index (χ4n) is 3.18. The molecule has 0 heterocycles. The number of ether oxygens (including phenoxy) is 1. The Kier molecular flexibility index (Phi) is 7.03. The number of rotatable bonds is 8. The first kappa shape index (κ1) is 19.5. The normalized spacial score (nSPS) is 11.4. The van der Waals surface area contributed by atoms with E-state index in [1.807, 2.05) is 36.4 Å². The molecule has 2 aromatic rings. The van der Waals surface area contributed by atoms with Gasteiger partial charge in [0, 0.05) is 29.7 Å². The number of hydrogen-bond acceptors (Lipinski definition) is 2. The monoisotopic (exact) mass is 359 g/mol. The maximum Gasteiger partial charge on any atom is 0.251 e. The molecule has 0 aromatic heterocycles. The third-order valence-electron chi connectivity index (χ3n) is 4.96. The first-order valence-electron chi connectivity index (χ1n) is 8.67. The molecule has 2 rings (SSSR count). The number of halogens is 1. The highest BCUT2D eigenvalue weighted by molar-refractivity contribution is 6.30. The first-order valence-corrected chi connectivity index (χ1v) is 9.05. The van der Waals surface area contributed by atoms with Gasteiger partial charge in [0.2, 0.25) is 0 Å². The zero-order chi connectivity index (χ0) is 18.3. The first-order chi connectivity index (χ1) is 12.1. The number of amides is 1. The smallest absolute Gasteiger partial charge is 0.251 e. The van der Waals surface area contributed by atoms with Crippen molar-refractivity contribution in [2.24, 2.45) is 0 Å². The van der Waals surface area contributed by atoms with Crippen LogP contribution in [0.4, 0.5) is 0 Å². The van der Waals surface area contributed by atoms with Crippen molar-refractivity contribution in [3.63, 3.8) is 0 Å². The predicted octanol–water partition coefficient (Wildman–Crippen LogP) is 4.97. The molecule has 0 unspecified atom stereocenters. The van der Waals surface area contributed by atoms with Gasteiger partial charge in [-0.15, -0.1) is 0 Å². The Morgan fingerprint density at radius 1 is 1.08 bits per heavy atom. The summed E-state index contributed by atoms with van der Waals surface area (Å²) in [4.78, 5) is 12.7. The molecule has 2 aromatic carbocycles. The number of benzene rings is 2. The van der Waals surface area contributed by atoms with Gasteiger partial charge in [0.25, 0.3) is 5.91 Å². The summed E-state index contributed by atoms with van der Waals surface area (Å²) in [5.74, 6) is -0.0621. The van der Waals surface area contributed by atoms with Crippen molar-refractivity contribution in [2.75, 3.05) is 13.7 Å². The molecule has 0 saturated carbocycles. The fraction of sp³-hybridized carbons (Fsp3) is 0.381. The van der Waals surface area contributed by atoms with E-state index in [2.05, 4.69) is 31.3 Å². The van der Waals surface area contributed by atoms with E-state index in [0.29, 0.717) is 18.7 Å². The molecule has 0 spiro atoms. The van der Waals surface area contributed by atoms with E-state index < -0.39 is 0 Å². The Morgan fingerprint density at radius 3 is 2.32 bits per heavy atom. The van der Waals surface area contributed by atoms with Gasteiger partial charge in [-0.1, -0.05) is 55.8 Å². The van der Waals surface area contributed by atoms with Crippen LogP contribution in [-0.2, 0) is 16.8 Å². The van der Waals surface area contributed by atoms with Crippen molar-refractivity contribution >= 4 is 17.5 Å². The number of hydrogen-bond donors (Lipinski definition) is 1. The highest BCUT2D eigenvalue weighted by Crippen LogP contribution is 2.32. The number of carbonyl (C=O) groups excluding carboxylic acids is 1. The maximum atomic E-state index is 12.7. The van der Waals surface area contributed by atoms with Gasteiger partial charge in [-0.3, -0.25) is 4.79 Å². The molecule has 0 saturated heterocycles. The second-order valence-corrected chi connectivity index (χ2v) is 6.70. The van der Waals surface area contributed by atoms with Crippen molar-refractivity contribution in [3.05, 3.63) is 70.2 Å². The topological polar surface area (TPSA) is 38.3 Å². The molecular formula is C21H26ClNO2. The Labute approximate surface area is 155 Å². The van der Waals surface area contributed by atoms with Crippen molar-refractivity contribution in [2.45, 2.75) is 38.7 Å². The third-order valence-corrected chi connectivity index (χ3v) is 5.21. The van der Waals surface area contributed by atoms with E-state index in [9.17, 15) is 4.79 Å².